The van der Waals surface area contributed by atoms with Crippen molar-refractivity contribution in [1.82, 2.24) is 4.90 Å². The van der Waals surface area contributed by atoms with Gasteiger partial charge in [-0.05, 0) is 37.1 Å². The maximum Gasteiger partial charge on any atom is 0.156 e. The van der Waals surface area contributed by atoms with E-state index < -0.39 is 0 Å². The fourth-order valence-electron chi connectivity index (χ4n) is 2.45. The summed E-state index contributed by atoms with van der Waals surface area (Å²) in [6.45, 7) is 1.55. The van der Waals surface area contributed by atoms with E-state index in [0.717, 1.165) is 35.8 Å². The van der Waals surface area contributed by atoms with E-state index in [1.807, 2.05) is 0 Å². The minimum atomic E-state index is -0.262. The Labute approximate surface area is 120 Å². The SMILES string of the molecule is NC(=NO)C1CCCCN1Cc1ccc(F)cc1Br. The number of piperidine rings is 1. The van der Waals surface area contributed by atoms with Gasteiger partial charge in [-0.25, -0.2) is 4.39 Å². The third kappa shape index (κ3) is 3.45. The molecule has 0 saturated carbocycles. The molecule has 6 heteroatoms. The van der Waals surface area contributed by atoms with Crippen molar-refractivity contribution < 1.29 is 9.60 Å². The van der Waals surface area contributed by atoms with E-state index in [2.05, 4.69) is 26.0 Å². The van der Waals surface area contributed by atoms with Gasteiger partial charge in [-0.15, -0.1) is 0 Å². The zero-order valence-electron chi connectivity index (χ0n) is 10.5. The lowest BCUT2D eigenvalue weighted by Crippen LogP contribution is -2.47. The maximum atomic E-state index is 13.1. The molecule has 0 aliphatic carbocycles. The van der Waals surface area contributed by atoms with Crippen molar-refractivity contribution in [1.29, 1.82) is 0 Å². The smallest absolute Gasteiger partial charge is 0.156 e. The van der Waals surface area contributed by atoms with Gasteiger partial charge in [0.05, 0.1) is 6.04 Å². The van der Waals surface area contributed by atoms with E-state index in [9.17, 15) is 4.39 Å². The van der Waals surface area contributed by atoms with Crippen LogP contribution in [0.4, 0.5) is 4.39 Å². The highest BCUT2D eigenvalue weighted by Gasteiger charge is 2.26. The highest BCUT2D eigenvalue weighted by molar-refractivity contribution is 9.10. The van der Waals surface area contributed by atoms with Gasteiger partial charge in [0.15, 0.2) is 5.84 Å². The second kappa shape index (κ2) is 6.34. The minimum Gasteiger partial charge on any atom is -0.409 e. The highest BCUT2D eigenvalue weighted by atomic mass is 79.9. The number of oxime groups is 1. The van der Waals surface area contributed by atoms with Crippen LogP contribution in [0.3, 0.4) is 0 Å². The molecule has 4 nitrogen and oxygen atoms in total. The quantitative estimate of drug-likeness (QED) is 0.388. The van der Waals surface area contributed by atoms with Crippen molar-refractivity contribution in [2.24, 2.45) is 10.9 Å². The van der Waals surface area contributed by atoms with Crippen molar-refractivity contribution in [3.8, 4) is 0 Å². The van der Waals surface area contributed by atoms with Crippen molar-refractivity contribution in [2.75, 3.05) is 6.54 Å². The molecule has 1 saturated heterocycles. The molecule has 1 unspecified atom stereocenters. The van der Waals surface area contributed by atoms with Crippen LogP contribution in [0.2, 0.25) is 0 Å². The molecule has 0 bridgehead atoms. The van der Waals surface area contributed by atoms with Gasteiger partial charge in [0.2, 0.25) is 0 Å². The summed E-state index contributed by atoms with van der Waals surface area (Å²) in [6.07, 6.45) is 3.05. The molecule has 104 valence electrons. The number of benzene rings is 1. The minimum absolute atomic E-state index is 0.0456. The Morgan fingerprint density at radius 1 is 1.53 bits per heavy atom. The Balaban J connectivity index is 2.15. The average molecular weight is 330 g/mol. The molecule has 1 aliphatic rings. The van der Waals surface area contributed by atoms with Crippen molar-refractivity contribution in [3.05, 3.63) is 34.1 Å². The molecule has 1 atom stereocenters. The average Bonchev–Trinajstić information content (AvgIpc) is 2.41. The molecule has 1 aliphatic heterocycles. The number of halogens is 2. The van der Waals surface area contributed by atoms with Gasteiger partial charge in [0.1, 0.15) is 5.82 Å². The summed E-state index contributed by atoms with van der Waals surface area (Å²) in [6, 6.07) is 4.62. The first-order valence-electron chi connectivity index (χ1n) is 6.27. The van der Waals surface area contributed by atoms with Crippen LogP contribution in [0.1, 0.15) is 24.8 Å². The van der Waals surface area contributed by atoms with Gasteiger partial charge in [-0.2, -0.15) is 0 Å². The van der Waals surface area contributed by atoms with Crippen molar-refractivity contribution in [3.63, 3.8) is 0 Å². The van der Waals surface area contributed by atoms with Crippen LogP contribution in [-0.4, -0.2) is 28.5 Å². The van der Waals surface area contributed by atoms with E-state index in [0.29, 0.717) is 6.54 Å². The number of nitrogens with zero attached hydrogens (tertiary/aromatic N) is 2. The van der Waals surface area contributed by atoms with Crippen LogP contribution in [0.25, 0.3) is 0 Å². The molecule has 1 aromatic carbocycles. The molecule has 19 heavy (non-hydrogen) atoms. The summed E-state index contributed by atoms with van der Waals surface area (Å²) < 4.78 is 13.8. The number of likely N-dealkylation sites (tertiary alicyclic amines) is 1. The number of hydrogen-bond donors (Lipinski definition) is 2. The highest BCUT2D eigenvalue weighted by Crippen LogP contribution is 2.24. The normalized spacial score (nSPS) is 21.6. The van der Waals surface area contributed by atoms with Crippen LogP contribution in [0.5, 0.6) is 0 Å². The van der Waals surface area contributed by atoms with Crippen LogP contribution < -0.4 is 5.73 Å². The van der Waals surface area contributed by atoms with Gasteiger partial charge in [0, 0.05) is 11.0 Å². The molecule has 2 rings (SSSR count). The number of rotatable bonds is 3. The summed E-state index contributed by atoms with van der Waals surface area (Å²) in [5.74, 6) is -0.0137. The van der Waals surface area contributed by atoms with E-state index in [1.165, 1.54) is 12.1 Å². The van der Waals surface area contributed by atoms with Gasteiger partial charge in [-0.1, -0.05) is 33.6 Å². The molecule has 0 radical (unpaired) electrons. The maximum absolute atomic E-state index is 13.1. The molecule has 1 heterocycles. The molecule has 0 aromatic heterocycles. The third-order valence-corrected chi connectivity index (χ3v) is 4.20. The van der Waals surface area contributed by atoms with E-state index >= 15 is 0 Å². The molecule has 0 spiro atoms. The van der Waals surface area contributed by atoms with E-state index in [1.54, 1.807) is 6.07 Å². The Bertz CT molecular complexity index is 481. The first-order valence-corrected chi connectivity index (χ1v) is 7.06. The largest absolute Gasteiger partial charge is 0.409 e. The standard InChI is InChI=1S/C13H17BrFN3O/c14-11-7-10(15)5-4-9(11)8-18-6-2-1-3-12(18)13(16)17-19/h4-5,7,12,19H,1-3,6,8H2,(H2,16,17). The molecular formula is C13H17BrFN3O. The van der Waals surface area contributed by atoms with Crippen LogP contribution in [0.15, 0.2) is 27.8 Å². The summed E-state index contributed by atoms with van der Waals surface area (Å²) >= 11 is 3.37. The zero-order chi connectivity index (χ0) is 13.8. The lowest BCUT2D eigenvalue weighted by molar-refractivity contribution is 0.178. The lowest BCUT2D eigenvalue weighted by Gasteiger charge is -2.34. The van der Waals surface area contributed by atoms with E-state index in [-0.39, 0.29) is 17.7 Å². The molecule has 0 amide bonds. The number of nitrogens with two attached hydrogens (primary N) is 1. The van der Waals surface area contributed by atoms with Crippen molar-refractivity contribution in [2.45, 2.75) is 31.8 Å². The van der Waals surface area contributed by atoms with Gasteiger partial charge < -0.3 is 10.9 Å². The van der Waals surface area contributed by atoms with Gasteiger partial charge in [-0.3, -0.25) is 4.90 Å². The fourth-order valence-corrected chi connectivity index (χ4v) is 2.93. The van der Waals surface area contributed by atoms with E-state index in [4.69, 9.17) is 10.9 Å². The molecule has 3 N–H and O–H groups in total. The predicted molar refractivity (Wildman–Crippen MR) is 75.6 cm³/mol. The van der Waals surface area contributed by atoms with Crippen LogP contribution in [0, 0.1) is 5.82 Å². The van der Waals surface area contributed by atoms with Crippen LogP contribution >= 0.6 is 15.9 Å². The Morgan fingerprint density at radius 3 is 3.00 bits per heavy atom. The topological polar surface area (TPSA) is 61.9 Å². The lowest BCUT2D eigenvalue weighted by atomic mass is 10.0. The molecule has 1 fully saturated rings. The zero-order valence-corrected chi connectivity index (χ0v) is 12.1. The molecule has 1 aromatic rings. The first-order chi connectivity index (χ1) is 9.11. The second-order valence-electron chi connectivity index (χ2n) is 4.74. The molecular weight excluding hydrogens is 313 g/mol. The van der Waals surface area contributed by atoms with Crippen LogP contribution in [-0.2, 0) is 6.54 Å². The monoisotopic (exact) mass is 329 g/mol. The van der Waals surface area contributed by atoms with Gasteiger partial charge in [0.25, 0.3) is 0 Å². The van der Waals surface area contributed by atoms with Crippen molar-refractivity contribution >= 4 is 21.8 Å². The predicted octanol–water partition coefficient (Wildman–Crippen LogP) is 2.69. The third-order valence-electron chi connectivity index (χ3n) is 3.46. The number of amidine groups is 1. The second-order valence-corrected chi connectivity index (χ2v) is 5.60. The first kappa shape index (κ1) is 14.3. The Hall–Kier alpha value is -1.14. The Morgan fingerprint density at radius 2 is 2.32 bits per heavy atom. The van der Waals surface area contributed by atoms with Gasteiger partial charge >= 0.3 is 0 Å². The summed E-state index contributed by atoms with van der Waals surface area (Å²) in [7, 11) is 0. The number of hydrogen-bond acceptors (Lipinski definition) is 3. The summed E-state index contributed by atoms with van der Waals surface area (Å²) in [5, 5.41) is 12.0. The Kier molecular flexibility index (Phi) is 4.76. The fraction of sp³-hybridized carbons (Fsp3) is 0.462. The summed E-state index contributed by atoms with van der Waals surface area (Å²) in [5.41, 5.74) is 6.74. The summed E-state index contributed by atoms with van der Waals surface area (Å²) in [4.78, 5) is 2.16.